The van der Waals surface area contributed by atoms with E-state index in [-0.39, 0.29) is 38.6 Å². The number of esters is 2. The van der Waals surface area contributed by atoms with Crippen LogP contribution in [0.4, 0.5) is 0 Å². The van der Waals surface area contributed by atoms with Crippen LogP contribution in [-0.4, -0.2) is 49.3 Å². The minimum atomic E-state index is -4.40. The van der Waals surface area contributed by atoms with Crippen LogP contribution in [0, 0.1) is 0 Å². The number of ether oxygens (including phenoxy) is 2. The Morgan fingerprint density at radius 1 is 0.353 bits per heavy atom. The summed E-state index contributed by atoms with van der Waals surface area (Å²) in [6.45, 7) is 3.51. The molecule has 0 aliphatic carbocycles. The third-order valence-electron chi connectivity index (χ3n) is 13.9. The smallest absolute Gasteiger partial charge is 0.462 e. The molecule has 0 aromatic heterocycles. The Kier molecular flexibility index (Phi) is 65.2. The van der Waals surface area contributed by atoms with Crippen LogP contribution in [0.2, 0.25) is 0 Å². The summed E-state index contributed by atoms with van der Waals surface area (Å²) in [4.78, 5) is 35.3. The van der Waals surface area contributed by atoms with Gasteiger partial charge in [0, 0.05) is 19.4 Å². The van der Waals surface area contributed by atoms with Crippen molar-refractivity contribution in [2.24, 2.45) is 5.73 Å². The van der Waals surface area contributed by atoms with Crippen LogP contribution in [0.1, 0.15) is 271 Å². The minimum absolute atomic E-state index is 0.0459. The number of phosphoric ester groups is 1. The van der Waals surface area contributed by atoms with Crippen LogP contribution in [0.3, 0.4) is 0 Å². The molecule has 0 heterocycles. The fourth-order valence-corrected chi connectivity index (χ4v) is 9.74. The molecule has 2 unspecified atom stereocenters. The van der Waals surface area contributed by atoms with E-state index in [1.165, 1.54) is 109 Å². The first-order chi connectivity index (χ1) is 41.8. The van der Waals surface area contributed by atoms with Crippen LogP contribution in [0.15, 0.2) is 158 Å². The number of nitrogens with two attached hydrogens (primary N) is 1. The lowest BCUT2D eigenvalue weighted by atomic mass is 10.0. The maximum atomic E-state index is 12.8. The molecule has 0 aromatic rings. The summed E-state index contributed by atoms with van der Waals surface area (Å²) >= 11 is 0. The van der Waals surface area contributed by atoms with Crippen molar-refractivity contribution in [2.75, 3.05) is 26.4 Å². The first-order valence-electron chi connectivity index (χ1n) is 34.0. The van der Waals surface area contributed by atoms with Gasteiger partial charge in [-0.1, -0.05) is 294 Å². The molecular weight excluding hydrogens is 1070 g/mol. The van der Waals surface area contributed by atoms with Crippen molar-refractivity contribution >= 4 is 19.8 Å². The Hall–Kier alpha value is -4.37. The molecule has 0 amide bonds. The highest BCUT2D eigenvalue weighted by molar-refractivity contribution is 7.47. The quantitative estimate of drug-likeness (QED) is 0.0264. The van der Waals surface area contributed by atoms with Crippen molar-refractivity contribution in [1.82, 2.24) is 0 Å². The Labute approximate surface area is 521 Å². The van der Waals surface area contributed by atoms with E-state index in [0.29, 0.717) is 6.42 Å². The van der Waals surface area contributed by atoms with Crippen LogP contribution in [0.25, 0.3) is 0 Å². The molecule has 9 nitrogen and oxygen atoms in total. The van der Waals surface area contributed by atoms with Gasteiger partial charge in [0.2, 0.25) is 0 Å². The van der Waals surface area contributed by atoms with Crippen molar-refractivity contribution in [1.29, 1.82) is 0 Å². The Bertz CT molecular complexity index is 1950. The highest BCUT2D eigenvalue weighted by atomic mass is 31.2. The van der Waals surface area contributed by atoms with Crippen molar-refractivity contribution in [3.8, 4) is 0 Å². The van der Waals surface area contributed by atoms with Crippen molar-refractivity contribution in [3.05, 3.63) is 158 Å². The molecule has 0 bridgehead atoms. The van der Waals surface area contributed by atoms with E-state index < -0.39 is 26.5 Å². The molecule has 0 aliphatic rings. The normalized spacial score (nSPS) is 14.0. The van der Waals surface area contributed by atoms with Gasteiger partial charge in [0.15, 0.2) is 6.10 Å². The topological polar surface area (TPSA) is 134 Å². The zero-order valence-electron chi connectivity index (χ0n) is 54.0. The molecule has 0 radical (unpaired) electrons. The first kappa shape index (κ1) is 80.6. The molecule has 0 saturated heterocycles. The summed E-state index contributed by atoms with van der Waals surface area (Å²) in [6.07, 6.45) is 100. The fourth-order valence-electron chi connectivity index (χ4n) is 8.97. The molecule has 0 aliphatic heterocycles. The summed E-state index contributed by atoms with van der Waals surface area (Å²) in [5.74, 6) is -0.838. The van der Waals surface area contributed by atoms with Crippen LogP contribution in [0.5, 0.6) is 0 Å². The molecule has 0 spiro atoms. The third kappa shape index (κ3) is 68.6. The second-order valence-corrected chi connectivity index (χ2v) is 23.4. The Morgan fingerprint density at radius 2 is 0.612 bits per heavy atom. The average molecular weight is 1200 g/mol. The molecular formula is C75H124NO8P. The second kappa shape index (κ2) is 68.7. The molecule has 0 rings (SSSR count). The predicted octanol–water partition coefficient (Wildman–Crippen LogP) is 22.4. The maximum Gasteiger partial charge on any atom is 0.472 e. The summed E-state index contributed by atoms with van der Waals surface area (Å²) in [6, 6.07) is 0. The van der Waals surface area contributed by atoms with E-state index in [1.807, 2.05) is 0 Å². The van der Waals surface area contributed by atoms with Crippen LogP contribution < -0.4 is 5.73 Å². The summed E-state index contributed by atoms with van der Waals surface area (Å²) in [7, 11) is -4.40. The molecule has 10 heteroatoms. The van der Waals surface area contributed by atoms with Gasteiger partial charge in [-0.2, -0.15) is 0 Å². The molecule has 2 atom stereocenters. The number of hydrogen-bond acceptors (Lipinski definition) is 8. The fraction of sp³-hybridized carbons (Fsp3) is 0.627. The SMILES string of the molecule is CC/C=C\C/C=C\C/C=C\C/C=C\C/C=C\C/C=C\C/C=C\C/C=C\C/C=C\CCCCCCCCCCCCCC(=O)OC(COC(=O)CCCCCCCCCCCCCC/C=C\C/C=C\C/C=C\C/C=C\CC)COP(=O)(O)OCCN. The van der Waals surface area contributed by atoms with Gasteiger partial charge in [-0.3, -0.25) is 18.6 Å². The monoisotopic (exact) mass is 1200 g/mol. The van der Waals surface area contributed by atoms with E-state index in [4.69, 9.17) is 24.3 Å². The zero-order valence-corrected chi connectivity index (χ0v) is 54.9. The van der Waals surface area contributed by atoms with E-state index in [1.54, 1.807) is 0 Å². The van der Waals surface area contributed by atoms with Gasteiger partial charge in [-0.25, -0.2) is 4.57 Å². The lowest BCUT2D eigenvalue weighted by Gasteiger charge is -2.19. The van der Waals surface area contributed by atoms with Gasteiger partial charge in [-0.05, 0) is 122 Å². The van der Waals surface area contributed by atoms with Crippen molar-refractivity contribution in [3.63, 3.8) is 0 Å². The van der Waals surface area contributed by atoms with Crippen molar-refractivity contribution < 1.29 is 37.6 Å². The van der Waals surface area contributed by atoms with E-state index in [0.717, 1.165) is 128 Å². The number of phosphoric acid groups is 1. The Morgan fingerprint density at radius 3 is 0.906 bits per heavy atom. The number of hydrogen-bond donors (Lipinski definition) is 2. The highest BCUT2D eigenvalue weighted by Crippen LogP contribution is 2.43. The van der Waals surface area contributed by atoms with Gasteiger partial charge in [0.1, 0.15) is 6.61 Å². The average Bonchev–Trinajstić information content (AvgIpc) is 3.53. The standard InChI is InChI=1S/C75H124NO8P/c1-3-5-7-9-11-13-15-17-19-21-23-25-27-29-30-31-32-33-34-35-36-37-38-39-40-41-42-44-46-48-50-52-54-56-58-60-62-64-66-68-75(78)84-73(72-83-85(79,80)82-70-69-76)71-81-74(77)67-65-63-61-59-57-55-53-51-49-47-45-43-28-26-24-22-20-18-16-14-12-10-8-6-4-2/h5-8,11-14,17-20,23-26,29-30,32-33,35-36,38-39,41-42,73H,3-4,9-10,15-16,21-22,27-28,31,34,37,40,43-72,76H2,1-2H3,(H,79,80)/b7-5-,8-6-,13-11-,14-12-,19-17-,20-18-,25-23-,26-24-,30-29-,33-32-,36-35-,39-38-,42-41-. The number of allylic oxidation sites excluding steroid dienone is 26. The second-order valence-electron chi connectivity index (χ2n) is 21.9. The molecule has 0 aromatic carbocycles. The lowest BCUT2D eigenvalue weighted by Crippen LogP contribution is -2.29. The molecule has 0 fully saturated rings. The van der Waals surface area contributed by atoms with Gasteiger partial charge >= 0.3 is 19.8 Å². The largest absolute Gasteiger partial charge is 0.472 e. The lowest BCUT2D eigenvalue weighted by molar-refractivity contribution is -0.161. The first-order valence-corrected chi connectivity index (χ1v) is 35.5. The predicted molar refractivity (Wildman–Crippen MR) is 366 cm³/mol. The molecule has 3 N–H and O–H groups in total. The minimum Gasteiger partial charge on any atom is -0.462 e. The third-order valence-corrected chi connectivity index (χ3v) is 14.9. The number of unbranched alkanes of at least 4 members (excludes halogenated alkanes) is 23. The molecule has 0 saturated carbocycles. The molecule has 85 heavy (non-hydrogen) atoms. The van der Waals surface area contributed by atoms with E-state index in [9.17, 15) is 19.0 Å². The van der Waals surface area contributed by atoms with Crippen molar-refractivity contribution in [2.45, 2.75) is 277 Å². The van der Waals surface area contributed by atoms with E-state index in [2.05, 4.69) is 172 Å². The van der Waals surface area contributed by atoms with Crippen LogP contribution in [-0.2, 0) is 32.7 Å². The number of carbonyl (C=O) groups excluding carboxylic acids is 2. The van der Waals surface area contributed by atoms with Gasteiger partial charge in [0.05, 0.1) is 13.2 Å². The molecule has 482 valence electrons. The van der Waals surface area contributed by atoms with E-state index >= 15 is 0 Å². The maximum absolute atomic E-state index is 12.8. The summed E-state index contributed by atoms with van der Waals surface area (Å²) in [5, 5.41) is 0. The van der Waals surface area contributed by atoms with Crippen LogP contribution >= 0.6 is 7.82 Å². The van der Waals surface area contributed by atoms with Gasteiger partial charge in [-0.15, -0.1) is 0 Å². The highest BCUT2D eigenvalue weighted by Gasteiger charge is 2.26. The summed E-state index contributed by atoms with van der Waals surface area (Å²) in [5.41, 5.74) is 5.40. The van der Waals surface area contributed by atoms with Gasteiger partial charge in [0.25, 0.3) is 0 Å². The number of carbonyl (C=O) groups is 2. The number of rotatable bonds is 62. The summed E-state index contributed by atoms with van der Waals surface area (Å²) < 4.78 is 33.2. The zero-order chi connectivity index (χ0) is 61.6. The van der Waals surface area contributed by atoms with Gasteiger partial charge < -0.3 is 20.1 Å². The Balaban J connectivity index is 3.95.